The van der Waals surface area contributed by atoms with Crippen molar-refractivity contribution in [2.24, 2.45) is 0 Å². The van der Waals surface area contributed by atoms with Crippen LogP contribution < -0.4 is 19.6 Å². The fraction of sp³-hybridized carbons (Fsp3) is 0.0606. The van der Waals surface area contributed by atoms with Gasteiger partial charge >= 0.3 is 0 Å². The van der Waals surface area contributed by atoms with Gasteiger partial charge in [0.25, 0.3) is 0 Å². The van der Waals surface area contributed by atoms with Gasteiger partial charge in [-0.15, -0.1) is 0 Å². The topological polar surface area (TPSA) is 32.7 Å². The minimum Gasteiger partial charge on any atom is -0.311 e. The van der Waals surface area contributed by atoms with Crippen molar-refractivity contribution >= 4 is 180 Å². The van der Waals surface area contributed by atoms with Gasteiger partial charge in [0.15, 0.2) is 0 Å². The molecule has 0 unspecified atom stereocenters. The first-order valence-electron chi connectivity index (χ1n) is 48.3. The molecule has 0 amide bonds. The summed E-state index contributed by atoms with van der Waals surface area (Å²) in [6.07, 6.45) is 8.78. The molecule has 8 heteroatoms. The SMILES string of the molecule is Cc1ccc2c(c1)c1cc(C)ccc1n2-c1ccc(N(c2ccccc2)c2ccc(/C=C/c3ccc(N(c4ccccc4)c4ccc(-n5c6ccc(C)cc6c6cc(C)ccc65)cc4)cc3)cc2)cc1.Cc1ccc2c(c1)c1cc(C)ccc1n2-c1ccc(N(c2ccccc2)c2ccc(/C=C/c3ccc(N(c4ccccc4)c4ccc(-n5c6ccc(C)cc6c6cc(C)ccc65)cc4)cc3)cc2)cc1. The maximum absolute atomic E-state index is 2.39. The Hall–Kier alpha value is -17.7. The summed E-state index contributed by atoms with van der Waals surface area (Å²) in [4.78, 5) is 9.30. The van der Waals surface area contributed by atoms with Gasteiger partial charge in [0.2, 0.25) is 0 Å². The first kappa shape index (κ1) is 86.4. The maximum Gasteiger partial charge on any atom is 0.0541 e. The number of nitrogens with zero attached hydrogens (tertiary/aromatic N) is 8. The van der Waals surface area contributed by atoms with Crippen molar-refractivity contribution in [3.8, 4) is 22.7 Å². The maximum atomic E-state index is 2.39. The number of aromatic nitrogens is 4. The molecule has 0 fully saturated rings. The molecule has 4 heterocycles. The van der Waals surface area contributed by atoms with Gasteiger partial charge in [-0.3, -0.25) is 0 Å². The number of aryl methyl sites for hydroxylation is 8. The van der Waals surface area contributed by atoms with Crippen LogP contribution in [0.3, 0.4) is 0 Å². The third kappa shape index (κ3) is 16.7. The van der Waals surface area contributed by atoms with E-state index in [9.17, 15) is 0 Å². The molecular weight excluding hydrogens is 1700 g/mol. The van der Waals surface area contributed by atoms with Gasteiger partial charge in [0.05, 0.1) is 44.1 Å². The lowest BCUT2D eigenvalue weighted by Gasteiger charge is -2.26. The number of rotatable bonds is 20. The van der Waals surface area contributed by atoms with Crippen molar-refractivity contribution in [1.82, 2.24) is 18.3 Å². The summed E-state index contributed by atoms with van der Waals surface area (Å²) in [5, 5.41) is 10.3. The van der Waals surface area contributed by atoms with Crippen molar-refractivity contribution in [3.63, 3.8) is 0 Å². The minimum atomic E-state index is 1.09. The smallest absolute Gasteiger partial charge is 0.0541 e. The Bertz CT molecular complexity index is 7520. The first-order valence-corrected chi connectivity index (χ1v) is 48.3. The van der Waals surface area contributed by atoms with Crippen LogP contribution in [0.2, 0.25) is 0 Å². The molecule has 0 saturated heterocycles. The Kier molecular flexibility index (Phi) is 22.7. The van der Waals surface area contributed by atoms with Crippen LogP contribution in [0.1, 0.15) is 66.8 Å². The van der Waals surface area contributed by atoms with Gasteiger partial charge in [0.1, 0.15) is 0 Å². The summed E-state index contributed by atoms with van der Waals surface area (Å²) in [6, 6.07) is 168. The summed E-state index contributed by atoms with van der Waals surface area (Å²) in [5.41, 5.74) is 42.2. The highest BCUT2D eigenvalue weighted by molar-refractivity contribution is 6.13. The van der Waals surface area contributed by atoms with Crippen LogP contribution in [0.15, 0.2) is 461 Å². The average Bonchev–Trinajstić information content (AvgIpc) is 1.60. The molecule has 4 aromatic heterocycles. The zero-order valence-corrected chi connectivity index (χ0v) is 79.8. The largest absolute Gasteiger partial charge is 0.311 e. The molecule has 24 aromatic rings. The van der Waals surface area contributed by atoms with E-state index >= 15 is 0 Å². The molecule has 140 heavy (non-hydrogen) atoms. The van der Waals surface area contributed by atoms with E-state index in [1.54, 1.807) is 0 Å². The monoisotopic (exact) mass is 1800 g/mol. The van der Waals surface area contributed by atoms with Gasteiger partial charge in [-0.1, -0.05) is 239 Å². The average molecular weight is 1800 g/mol. The fourth-order valence-corrected chi connectivity index (χ4v) is 20.5. The summed E-state index contributed by atoms with van der Waals surface area (Å²) >= 11 is 0. The molecule has 0 radical (unpaired) electrons. The lowest BCUT2D eigenvalue weighted by atomic mass is 10.1. The van der Waals surface area contributed by atoms with Crippen molar-refractivity contribution < 1.29 is 0 Å². The lowest BCUT2D eigenvalue weighted by Crippen LogP contribution is -2.10. The molecule has 0 saturated carbocycles. The van der Waals surface area contributed by atoms with Crippen LogP contribution in [0.5, 0.6) is 0 Å². The van der Waals surface area contributed by atoms with Crippen molar-refractivity contribution in [1.29, 1.82) is 0 Å². The second-order valence-corrected chi connectivity index (χ2v) is 37.3. The Labute approximate surface area is 817 Å². The molecule has 0 aliphatic carbocycles. The highest BCUT2D eigenvalue weighted by Gasteiger charge is 2.24. The Morgan fingerprint density at radius 2 is 0.264 bits per heavy atom. The zero-order chi connectivity index (χ0) is 94.6. The molecule has 0 bridgehead atoms. The molecule has 0 atom stereocenters. The molecular formula is C132H104N8. The van der Waals surface area contributed by atoms with Crippen LogP contribution in [0, 0.1) is 55.4 Å². The van der Waals surface area contributed by atoms with E-state index in [0.29, 0.717) is 0 Å². The Morgan fingerprint density at radius 1 is 0.136 bits per heavy atom. The van der Waals surface area contributed by atoms with Crippen molar-refractivity contribution in [2.75, 3.05) is 19.6 Å². The zero-order valence-electron chi connectivity index (χ0n) is 79.8. The predicted octanol–water partition coefficient (Wildman–Crippen LogP) is 36.4. The highest BCUT2D eigenvalue weighted by Crippen LogP contribution is 2.46. The number of anilines is 12. The summed E-state index contributed by atoms with van der Waals surface area (Å²) in [5.74, 6) is 0. The summed E-state index contributed by atoms with van der Waals surface area (Å²) in [7, 11) is 0. The van der Waals surface area contributed by atoms with E-state index in [1.807, 2.05) is 0 Å². The quantitative estimate of drug-likeness (QED) is 0.0712. The first-order chi connectivity index (χ1) is 68.6. The van der Waals surface area contributed by atoms with Crippen LogP contribution in [0.25, 0.3) is 134 Å². The summed E-state index contributed by atoms with van der Waals surface area (Å²) < 4.78 is 9.56. The second kappa shape index (κ2) is 36.8. The van der Waals surface area contributed by atoms with Gasteiger partial charge in [0, 0.05) is 134 Å². The Morgan fingerprint density at radius 3 is 0.407 bits per heavy atom. The number of hydrogen-bond acceptors (Lipinski definition) is 4. The van der Waals surface area contributed by atoms with Crippen LogP contribution >= 0.6 is 0 Å². The molecule has 0 aliphatic rings. The second-order valence-electron chi connectivity index (χ2n) is 37.3. The molecule has 0 spiro atoms. The van der Waals surface area contributed by atoms with Crippen molar-refractivity contribution in [3.05, 3.63) is 528 Å². The number of fused-ring (bicyclic) bond motifs is 12. The predicted molar refractivity (Wildman–Crippen MR) is 598 cm³/mol. The molecule has 0 N–H and O–H groups in total. The van der Waals surface area contributed by atoms with Gasteiger partial charge < -0.3 is 37.9 Å². The van der Waals surface area contributed by atoms with E-state index in [0.717, 1.165) is 113 Å². The molecule has 24 rings (SSSR count). The number of benzene rings is 20. The molecule has 672 valence electrons. The molecule has 20 aromatic carbocycles. The highest BCUT2D eigenvalue weighted by atomic mass is 15.2. The third-order valence-electron chi connectivity index (χ3n) is 27.4. The number of hydrogen-bond donors (Lipinski definition) is 0. The van der Waals surface area contributed by atoms with Crippen LogP contribution in [-0.4, -0.2) is 18.3 Å². The standard InChI is InChI=1S/2C66H52N4/c2*1-45-15-37-63-59(41-45)60-42-46(2)16-38-64(60)69(63)57-33-29-55(30-34-57)67(51-11-7-5-8-12-51)53-25-21-49(22-26-53)19-20-50-23-27-54(28-24-50)68(52-13-9-6-10-14-52)56-31-35-58(36-32-56)70-65-39-17-47(3)43-61(65)62-44-48(4)18-40-66(62)70/h2*5-44H,1-4H3/b2*20-19+. The van der Waals surface area contributed by atoms with E-state index in [2.05, 4.69) is 579 Å². The fourth-order valence-electron chi connectivity index (χ4n) is 20.5. The lowest BCUT2D eigenvalue weighted by molar-refractivity contribution is 1.17. The van der Waals surface area contributed by atoms with Gasteiger partial charge in [-0.05, 0) is 369 Å². The van der Waals surface area contributed by atoms with Crippen LogP contribution in [0.4, 0.5) is 68.2 Å². The summed E-state index contributed by atoms with van der Waals surface area (Å²) in [6.45, 7) is 17.4. The van der Waals surface area contributed by atoms with Crippen molar-refractivity contribution in [2.45, 2.75) is 55.4 Å². The molecule has 0 aliphatic heterocycles. The van der Waals surface area contributed by atoms with Gasteiger partial charge in [-0.2, -0.15) is 0 Å². The number of para-hydroxylation sites is 4. The Balaban J connectivity index is 0.000000156. The normalized spacial score (nSPS) is 11.7. The third-order valence-corrected chi connectivity index (χ3v) is 27.4. The van der Waals surface area contributed by atoms with E-state index < -0.39 is 0 Å². The van der Waals surface area contributed by atoms with E-state index in [-0.39, 0.29) is 0 Å². The minimum absolute atomic E-state index is 1.09. The van der Waals surface area contributed by atoms with Crippen LogP contribution in [-0.2, 0) is 0 Å². The molecule has 8 nitrogen and oxygen atoms in total. The van der Waals surface area contributed by atoms with E-state index in [4.69, 9.17) is 0 Å². The van der Waals surface area contributed by atoms with Gasteiger partial charge in [-0.25, -0.2) is 0 Å². The van der Waals surface area contributed by atoms with E-state index in [1.165, 1.54) is 132 Å².